The molecule has 5 heteroatoms. The van der Waals surface area contributed by atoms with Crippen LogP contribution in [-0.4, -0.2) is 11.9 Å². The zero-order valence-corrected chi connectivity index (χ0v) is 12.8. The number of carbonyl (C=O) groups excluding carboxylic acids is 1. The molecule has 17 heavy (non-hydrogen) atoms. The van der Waals surface area contributed by atoms with Crippen molar-refractivity contribution in [3.05, 3.63) is 27.1 Å². The van der Waals surface area contributed by atoms with Crippen LogP contribution >= 0.6 is 31.9 Å². The van der Waals surface area contributed by atoms with E-state index in [-0.39, 0.29) is 11.9 Å². The fraction of sp³-hybridized carbons (Fsp3) is 0.417. The van der Waals surface area contributed by atoms with Crippen molar-refractivity contribution in [1.82, 2.24) is 0 Å². The van der Waals surface area contributed by atoms with Gasteiger partial charge < -0.3 is 11.1 Å². The van der Waals surface area contributed by atoms with Crippen molar-refractivity contribution in [2.75, 3.05) is 5.32 Å². The van der Waals surface area contributed by atoms with Crippen LogP contribution in [0.1, 0.15) is 26.2 Å². The predicted molar refractivity (Wildman–Crippen MR) is 78.0 cm³/mol. The largest absolute Gasteiger partial charge is 0.328 e. The standard InChI is InChI=1S/C12H16Br2N2O/c1-8(15)4-2-7-11(17)16-12-9(13)5-3-6-10(12)14/h3,5-6,8H,2,4,7,15H2,1H3,(H,16,17). The van der Waals surface area contributed by atoms with Crippen molar-refractivity contribution in [2.24, 2.45) is 5.73 Å². The molecule has 0 saturated carbocycles. The maximum atomic E-state index is 11.7. The fourth-order valence-electron chi connectivity index (χ4n) is 1.40. The molecule has 0 saturated heterocycles. The number of hydrogen-bond donors (Lipinski definition) is 2. The molecule has 1 amide bonds. The summed E-state index contributed by atoms with van der Waals surface area (Å²) in [6, 6.07) is 5.84. The predicted octanol–water partition coefficient (Wildman–Crippen LogP) is 3.67. The van der Waals surface area contributed by atoms with Crippen LogP contribution in [0.2, 0.25) is 0 Å². The number of rotatable bonds is 5. The van der Waals surface area contributed by atoms with Gasteiger partial charge in [0.25, 0.3) is 0 Å². The van der Waals surface area contributed by atoms with E-state index in [2.05, 4.69) is 37.2 Å². The summed E-state index contributed by atoms with van der Waals surface area (Å²) in [6.07, 6.45) is 2.17. The highest BCUT2D eigenvalue weighted by Crippen LogP contribution is 2.30. The van der Waals surface area contributed by atoms with Gasteiger partial charge in [0.2, 0.25) is 5.91 Å². The van der Waals surface area contributed by atoms with Gasteiger partial charge in [-0.25, -0.2) is 0 Å². The molecule has 0 spiro atoms. The molecule has 1 rings (SSSR count). The van der Waals surface area contributed by atoms with E-state index in [1.54, 1.807) is 0 Å². The molecule has 1 atom stereocenters. The van der Waals surface area contributed by atoms with Gasteiger partial charge in [0, 0.05) is 21.4 Å². The monoisotopic (exact) mass is 362 g/mol. The summed E-state index contributed by atoms with van der Waals surface area (Å²) in [5.41, 5.74) is 6.41. The van der Waals surface area contributed by atoms with E-state index >= 15 is 0 Å². The molecule has 1 unspecified atom stereocenters. The quantitative estimate of drug-likeness (QED) is 0.838. The summed E-state index contributed by atoms with van der Waals surface area (Å²) in [5.74, 6) is 0.0123. The second kappa shape index (κ2) is 7.13. The van der Waals surface area contributed by atoms with Gasteiger partial charge in [-0.3, -0.25) is 4.79 Å². The van der Waals surface area contributed by atoms with E-state index in [1.807, 2.05) is 25.1 Å². The number of hydrogen-bond acceptors (Lipinski definition) is 2. The highest BCUT2D eigenvalue weighted by molar-refractivity contribution is 9.11. The number of benzene rings is 1. The summed E-state index contributed by atoms with van der Waals surface area (Å²) in [6.45, 7) is 1.95. The zero-order valence-electron chi connectivity index (χ0n) is 9.67. The number of nitrogens with one attached hydrogen (secondary N) is 1. The first kappa shape index (κ1) is 14.7. The van der Waals surface area contributed by atoms with E-state index < -0.39 is 0 Å². The molecule has 0 radical (unpaired) electrons. The molecule has 0 aliphatic rings. The third-order valence-electron chi connectivity index (χ3n) is 2.29. The lowest BCUT2D eigenvalue weighted by Crippen LogP contribution is -2.17. The van der Waals surface area contributed by atoms with Gasteiger partial charge in [0.05, 0.1) is 5.69 Å². The van der Waals surface area contributed by atoms with Crippen LogP contribution in [-0.2, 0) is 4.79 Å². The first-order valence-corrected chi connectivity index (χ1v) is 7.08. The van der Waals surface area contributed by atoms with E-state index in [0.29, 0.717) is 6.42 Å². The third kappa shape index (κ3) is 5.19. The van der Waals surface area contributed by atoms with Crippen LogP contribution in [0.15, 0.2) is 27.1 Å². The summed E-state index contributed by atoms with van der Waals surface area (Å²) in [7, 11) is 0. The van der Waals surface area contributed by atoms with Crippen LogP contribution in [0, 0.1) is 0 Å². The van der Waals surface area contributed by atoms with Crippen molar-refractivity contribution in [2.45, 2.75) is 32.2 Å². The first-order chi connectivity index (χ1) is 8.00. The SMILES string of the molecule is CC(N)CCCC(=O)Nc1c(Br)cccc1Br. The lowest BCUT2D eigenvalue weighted by molar-refractivity contribution is -0.116. The minimum absolute atomic E-state index is 0.0123. The molecule has 0 fully saturated rings. The van der Waals surface area contributed by atoms with Crippen LogP contribution in [0.5, 0.6) is 0 Å². The molecule has 0 aliphatic carbocycles. The van der Waals surface area contributed by atoms with E-state index in [9.17, 15) is 4.79 Å². The Morgan fingerprint density at radius 2 is 2.00 bits per heavy atom. The summed E-state index contributed by atoms with van der Waals surface area (Å²) >= 11 is 6.80. The summed E-state index contributed by atoms with van der Waals surface area (Å²) in [5, 5.41) is 2.88. The first-order valence-electron chi connectivity index (χ1n) is 5.50. The van der Waals surface area contributed by atoms with E-state index in [0.717, 1.165) is 27.5 Å². The smallest absolute Gasteiger partial charge is 0.224 e. The molecule has 3 nitrogen and oxygen atoms in total. The molecule has 0 bridgehead atoms. The summed E-state index contributed by atoms with van der Waals surface area (Å²) < 4.78 is 1.74. The third-order valence-corrected chi connectivity index (χ3v) is 3.61. The minimum Gasteiger partial charge on any atom is -0.328 e. The number of carbonyl (C=O) groups is 1. The van der Waals surface area contributed by atoms with Crippen LogP contribution < -0.4 is 11.1 Å². The van der Waals surface area contributed by atoms with Gasteiger partial charge >= 0.3 is 0 Å². The number of para-hydroxylation sites is 1. The summed E-state index contributed by atoms with van der Waals surface area (Å²) in [4.78, 5) is 11.7. The van der Waals surface area contributed by atoms with Gasteiger partial charge in [-0.05, 0) is 63.8 Å². The molecule has 0 aromatic heterocycles. The Balaban J connectivity index is 2.51. The van der Waals surface area contributed by atoms with Crippen LogP contribution in [0.25, 0.3) is 0 Å². The highest BCUT2D eigenvalue weighted by Gasteiger charge is 2.08. The van der Waals surface area contributed by atoms with Crippen molar-refractivity contribution in [1.29, 1.82) is 0 Å². The number of halogens is 2. The Morgan fingerprint density at radius 1 is 1.41 bits per heavy atom. The number of nitrogens with two attached hydrogens (primary N) is 1. The van der Waals surface area contributed by atoms with Gasteiger partial charge in [-0.1, -0.05) is 6.07 Å². The topological polar surface area (TPSA) is 55.1 Å². The highest BCUT2D eigenvalue weighted by atomic mass is 79.9. The average Bonchev–Trinajstić information content (AvgIpc) is 2.23. The molecule has 94 valence electrons. The second-order valence-electron chi connectivity index (χ2n) is 4.01. The molecular formula is C12H16Br2N2O. The molecule has 0 aliphatic heterocycles. The van der Waals surface area contributed by atoms with Gasteiger partial charge in [0.1, 0.15) is 0 Å². The fourth-order valence-corrected chi connectivity index (χ4v) is 2.60. The number of amides is 1. The Labute approximate surface area is 118 Å². The second-order valence-corrected chi connectivity index (χ2v) is 5.72. The molecule has 0 heterocycles. The molecular weight excluding hydrogens is 348 g/mol. The zero-order chi connectivity index (χ0) is 12.8. The normalized spacial score (nSPS) is 12.2. The van der Waals surface area contributed by atoms with Gasteiger partial charge in [-0.15, -0.1) is 0 Å². The Morgan fingerprint density at radius 3 is 2.53 bits per heavy atom. The van der Waals surface area contributed by atoms with E-state index in [1.165, 1.54) is 0 Å². The maximum absolute atomic E-state index is 11.7. The maximum Gasteiger partial charge on any atom is 0.224 e. The van der Waals surface area contributed by atoms with Crippen molar-refractivity contribution < 1.29 is 4.79 Å². The molecule has 1 aromatic rings. The van der Waals surface area contributed by atoms with Crippen LogP contribution in [0.3, 0.4) is 0 Å². The van der Waals surface area contributed by atoms with Gasteiger partial charge in [0.15, 0.2) is 0 Å². The van der Waals surface area contributed by atoms with Crippen molar-refractivity contribution in [3.8, 4) is 0 Å². The van der Waals surface area contributed by atoms with Crippen molar-refractivity contribution >= 4 is 43.5 Å². The Hall–Kier alpha value is -0.390. The Bertz CT molecular complexity index is 374. The van der Waals surface area contributed by atoms with Crippen molar-refractivity contribution in [3.63, 3.8) is 0 Å². The lowest BCUT2D eigenvalue weighted by Gasteiger charge is -2.10. The molecule has 3 N–H and O–H groups in total. The molecule has 1 aromatic carbocycles. The van der Waals surface area contributed by atoms with E-state index in [4.69, 9.17) is 5.73 Å². The number of anilines is 1. The average molecular weight is 364 g/mol. The Kier molecular flexibility index (Phi) is 6.16. The lowest BCUT2D eigenvalue weighted by atomic mass is 10.1. The van der Waals surface area contributed by atoms with Gasteiger partial charge in [-0.2, -0.15) is 0 Å². The van der Waals surface area contributed by atoms with Crippen LogP contribution in [0.4, 0.5) is 5.69 Å². The minimum atomic E-state index is 0.0123.